The molecular weight excluding hydrogens is 528 g/mol. The van der Waals surface area contributed by atoms with Crippen molar-refractivity contribution in [1.82, 2.24) is 9.88 Å². The smallest absolute Gasteiger partial charge is 0.335 e. The molecule has 0 unspecified atom stereocenters. The van der Waals surface area contributed by atoms with E-state index in [1.807, 2.05) is 28.8 Å². The van der Waals surface area contributed by atoms with Gasteiger partial charge in [0.25, 0.3) is 17.5 Å². The Morgan fingerprint density at radius 3 is 2.33 bits per heavy atom. The number of carbonyl (C=O) groups excluding carboxylic acids is 3. The second-order valence-electron chi connectivity index (χ2n) is 8.09. The van der Waals surface area contributed by atoms with Crippen molar-refractivity contribution < 1.29 is 19.3 Å². The van der Waals surface area contributed by atoms with Gasteiger partial charge in [-0.1, -0.05) is 46.3 Å². The maximum atomic E-state index is 13.3. The molecule has 4 aromatic rings. The summed E-state index contributed by atoms with van der Waals surface area (Å²) in [6.45, 7) is 0.422. The molecule has 0 saturated carbocycles. The number of hydrogen-bond donors (Lipinski definition) is 1. The van der Waals surface area contributed by atoms with Gasteiger partial charge in [-0.15, -0.1) is 0 Å². The molecule has 1 N–H and O–H groups in total. The van der Waals surface area contributed by atoms with Crippen LogP contribution in [0.3, 0.4) is 0 Å². The van der Waals surface area contributed by atoms with Gasteiger partial charge in [0.2, 0.25) is 0 Å². The lowest BCUT2D eigenvalue weighted by Crippen LogP contribution is -2.54. The maximum absolute atomic E-state index is 13.3. The van der Waals surface area contributed by atoms with Gasteiger partial charge in [0.1, 0.15) is 5.57 Å². The number of nitrogens with zero attached hydrogens (tertiary/aromatic N) is 3. The number of fused-ring (bicyclic) bond motifs is 1. The van der Waals surface area contributed by atoms with Crippen molar-refractivity contribution in [3.8, 4) is 0 Å². The minimum atomic E-state index is -0.815. The number of hydrogen-bond acceptors (Lipinski definition) is 5. The largest absolute Gasteiger partial charge is 0.342 e. The molecule has 1 aliphatic rings. The van der Waals surface area contributed by atoms with Crippen LogP contribution in [0.4, 0.5) is 16.2 Å². The summed E-state index contributed by atoms with van der Waals surface area (Å²) in [4.78, 5) is 49.8. The average molecular weight is 545 g/mol. The molecule has 0 atom stereocenters. The molecule has 1 saturated heterocycles. The molecule has 0 spiro atoms. The van der Waals surface area contributed by atoms with Gasteiger partial charge in [-0.2, -0.15) is 0 Å². The van der Waals surface area contributed by atoms with Gasteiger partial charge in [0.05, 0.1) is 10.6 Å². The number of para-hydroxylation sites is 1. The van der Waals surface area contributed by atoms with Gasteiger partial charge >= 0.3 is 6.03 Å². The van der Waals surface area contributed by atoms with Crippen LogP contribution in [0.25, 0.3) is 17.0 Å². The first kappa shape index (κ1) is 23.2. The summed E-state index contributed by atoms with van der Waals surface area (Å²) in [5.41, 5.74) is 2.49. The molecule has 5 rings (SSSR count). The molecule has 0 bridgehead atoms. The number of nitro benzene ring substituents is 1. The summed E-state index contributed by atoms with van der Waals surface area (Å²) < 4.78 is 2.72. The lowest BCUT2D eigenvalue weighted by molar-refractivity contribution is -0.384. The number of anilines is 1. The molecule has 1 fully saturated rings. The Morgan fingerprint density at radius 2 is 1.64 bits per heavy atom. The number of non-ortho nitro benzene ring substituents is 1. The number of nitro groups is 1. The molecule has 178 valence electrons. The number of barbiturate groups is 1. The van der Waals surface area contributed by atoms with Crippen LogP contribution in [-0.4, -0.2) is 27.3 Å². The van der Waals surface area contributed by atoms with Gasteiger partial charge in [-0.05, 0) is 42.0 Å². The summed E-state index contributed by atoms with van der Waals surface area (Å²) in [7, 11) is 0. The fourth-order valence-corrected chi connectivity index (χ4v) is 4.34. The van der Waals surface area contributed by atoms with Crippen molar-refractivity contribution >= 4 is 62.1 Å². The SMILES string of the molecule is O=C1NC(=O)N(c2ccc(Br)cc2)C(=O)/C1=C\c1cn(Cc2ccc([N+](=O)[O-])cc2)c2ccccc12. The van der Waals surface area contributed by atoms with Crippen LogP contribution >= 0.6 is 15.9 Å². The molecule has 0 aliphatic carbocycles. The van der Waals surface area contributed by atoms with Crippen molar-refractivity contribution in [2.45, 2.75) is 6.54 Å². The Labute approximate surface area is 212 Å². The van der Waals surface area contributed by atoms with Crippen molar-refractivity contribution in [2.75, 3.05) is 4.90 Å². The number of nitrogens with one attached hydrogen (secondary N) is 1. The number of rotatable bonds is 5. The molecule has 36 heavy (non-hydrogen) atoms. The van der Waals surface area contributed by atoms with Crippen molar-refractivity contribution in [3.05, 3.63) is 110 Å². The van der Waals surface area contributed by atoms with Gasteiger partial charge in [-0.25, -0.2) is 9.69 Å². The van der Waals surface area contributed by atoms with E-state index >= 15 is 0 Å². The Bertz CT molecular complexity index is 1570. The number of carbonyl (C=O) groups is 3. The summed E-state index contributed by atoms with van der Waals surface area (Å²) in [6, 6.07) is 19.5. The summed E-state index contributed by atoms with van der Waals surface area (Å²) in [6.07, 6.45) is 3.28. The third-order valence-electron chi connectivity index (χ3n) is 5.81. The molecule has 4 amide bonds. The fourth-order valence-electron chi connectivity index (χ4n) is 4.08. The van der Waals surface area contributed by atoms with E-state index in [9.17, 15) is 24.5 Å². The zero-order chi connectivity index (χ0) is 25.4. The zero-order valence-electron chi connectivity index (χ0n) is 18.6. The van der Waals surface area contributed by atoms with Crippen LogP contribution < -0.4 is 10.2 Å². The first-order valence-corrected chi connectivity index (χ1v) is 11.6. The second kappa shape index (κ2) is 9.23. The van der Waals surface area contributed by atoms with Crippen LogP contribution in [0.1, 0.15) is 11.1 Å². The molecule has 10 heteroatoms. The first-order valence-electron chi connectivity index (χ1n) is 10.8. The number of halogens is 1. The standard InChI is InChI=1S/C26H17BrN4O5/c27-18-7-11-19(12-8-18)30-25(33)22(24(32)28-26(30)34)13-17-15-29(23-4-2-1-3-21(17)23)14-16-5-9-20(10-6-16)31(35)36/h1-13,15H,14H2,(H,28,32,34)/b22-13-. The number of amides is 4. The molecule has 1 aliphatic heterocycles. The lowest BCUT2D eigenvalue weighted by atomic mass is 10.1. The number of urea groups is 1. The maximum Gasteiger partial charge on any atom is 0.335 e. The van der Waals surface area contributed by atoms with E-state index < -0.39 is 22.8 Å². The topological polar surface area (TPSA) is 115 Å². The van der Waals surface area contributed by atoms with E-state index in [1.165, 1.54) is 18.2 Å². The minimum Gasteiger partial charge on any atom is -0.342 e. The Kier molecular flexibility index (Phi) is 5.95. The van der Waals surface area contributed by atoms with E-state index in [2.05, 4.69) is 21.2 Å². The number of imide groups is 2. The average Bonchev–Trinajstić information content (AvgIpc) is 3.20. The molecular formula is C26H17BrN4O5. The van der Waals surface area contributed by atoms with Crippen molar-refractivity contribution in [3.63, 3.8) is 0 Å². The minimum absolute atomic E-state index is 0.00763. The molecule has 3 aromatic carbocycles. The highest BCUT2D eigenvalue weighted by Crippen LogP contribution is 2.28. The number of benzene rings is 3. The van der Waals surface area contributed by atoms with Crippen molar-refractivity contribution in [2.24, 2.45) is 0 Å². The van der Waals surface area contributed by atoms with Crippen LogP contribution in [-0.2, 0) is 16.1 Å². The van der Waals surface area contributed by atoms with Crippen LogP contribution in [0.2, 0.25) is 0 Å². The highest BCUT2D eigenvalue weighted by molar-refractivity contribution is 9.10. The van der Waals surface area contributed by atoms with E-state index in [0.717, 1.165) is 25.8 Å². The third kappa shape index (κ3) is 4.29. The molecule has 0 radical (unpaired) electrons. The van der Waals surface area contributed by atoms with Crippen molar-refractivity contribution in [1.29, 1.82) is 0 Å². The molecule has 9 nitrogen and oxygen atoms in total. The van der Waals surface area contributed by atoms with E-state index in [-0.39, 0.29) is 11.3 Å². The highest BCUT2D eigenvalue weighted by Gasteiger charge is 2.37. The number of aromatic nitrogens is 1. The van der Waals surface area contributed by atoms with Gasteiger partial charge < -0.3 is 4.57 Å². The second-order valence-corrected chi connectivity index (χ2v) is 9.00. The van der Waals surface area contributed by atoms with Gasteiger partial charge in [0.15, 0.2) is 0 Å². The quantitative estimate of drug-likeness (QED) is 0.164. The lowest BCUT2D eigenvalue weighted by Gasteiger charge is -2.26. The van der Waals surface area contributed by atoms with Gasteiger partial charge in [-0.3, -0.25) is 25.0 Å². The third-order valence-corrected chi connectivity index (χ3v) is 6.33. The fraction of sp³-hybridized carbons (Fsp3) is 0.0385. The normalized spacial score (nSPS) is 15.0. The molecule has 1 aromatic heterocycles. The zero-order valence-corrected chi connectivity index (χ0v) is 20.1. The van der Waals surface area contributed by atoms with Crippen LogP contribution in [0.5, 0.6) is 0 Å². The predicted molar refractivity (Wildman–Crippen MR) is 137 cm³/mol. The predicted octanol–water partition coefficient (Wildman–Crippen LogP) is 5.03. The monoisotopic (exact) mass is 544 g/mol. The van der Waals surface area contributed by atoms with Crippen LogP contribution in [0, 0.1) is 10.1 Å². The summed E-state index contributed by atoms with van der Waals surface area (Å²) in [5.74, 6) is -1.50. The van der Waals surface area contributed by atoms with Crippen LogP contribution in [0.15, 0.2) is 89.0 Å². The Balaban J connectivity index is 1.53. The molecule has 2 heterocycles. The first-order chi connectivity index (χ1) is 17.3. The van der Waals surface area contributed by atoms with E-state index in [0.29, 0.717) is 17.8 Å². The van der Waals surface area contributed by atoms with E-state index in [4.69, 9.17) is 0 Å². The van der Waals surface area contributed by atoms with Gasteiger partial charge in [0, 0.05) is 45.8 Å². The van der Waals surface area contributed by atoms with E-state index in [1.54, 1.807) is 42.6 Å². The highest BCUT2D eigenvalue weighted by atomic mass is 79.9. The summed E-state index contributed by atoms with van der Waals surface area (Å²) in [5, 5.41) is 14.0. The Hall–Kier alpha value is -4.57. The Morgan fingerprint density at radius 1 is 0.944 bits per heavy atom. The summed E-state index contributed by atoms with van der Waals surface area (Å²) >= 11 is 3.32.